The minimum atomic E-state index is 0. The maximum atomic E-state index is 6.13. The normalized spacial score (nSPS) is 19.8. The van der Waals surface area contributed by atoms with Crippen molar-refractivity contribution in [2.45, 2.75) is 33.0 Å². The number of ether oxygens (including phenoxy) is 2. The lowest BCUT2D eigenvalue weighted by molar-refractivity contribution is -0.00834. The van der Waals surface area contributed by atoms with Gasteiger partial charge in [0.1, 0.15) is 6.10 Å². The van der Waals surface area contributed by atoms with Gasteiger partial charge >= 0.3 is 0 Å². The predicted octanol–water partition coefficient (Wildman–Crippen LogP) is 3.98. The molecule has 0 saturated carbocycles. The molecule has 2 heterocycles. The van der Waals surface area contributed by atoms with E-state index in [4.69, 9.17) is 14.5 Å². The molecule has 0 radical (unpaired) electrons. The van der Waals surface area contributed by atoms with E-state index in [1.165, 1.54) is 22.3 Å². The number of hydrogen-bond donors (Lipinski definition) is 1. The van der Waals surface area contributed by atoms with Crippen LogP contribution in [-0.4, -0.2) is 68.3 Å². The summed E-state index contributed by atoms with van der Waals surface area (Å²) in [6, 6.07) is 17.2. The van der Waals surface area contributed by atoms with Crippen LogP contribution in [0.2, 0.25) is 0 Å². The zero-order valence-electron chi connectivity index (χ0n) is 19.8. The SMILES string of the molecule is CCNC(=NCc1ccccc1CN1CCOCC1)N1CCOC(c2ccccc2C)C1.I. The summed E-state index contributed by atoms with van der Waals surface area (Å²) in [5.41, 5.74) is 5.19. The van der Waals surface area contributed by atoms with Crippen LogP contribution >= 0.6 is 24.0 Å². The van der Waals surface area contributed by atoms with Gasteiger partial charge in [0, 0.05) is 32.7 Å². The topological polar surface area (TPSA) is 49.3 Å². The molecule has 2 fully saturated rings. The van der Waals surface area contributed by atoms with Crippen LogP contribution in [-0.2, 0) is 22.6 Å². The van der Waals surface area contributed by atoms with E-state index in [2.05, 4.69) is 77.5 Å². The van der Waals surface area contributed by atoms with Crippen molar-refractivity contribution in [3.8, 4) is 0 Å². The lowest BCUT2D eigenvalue weighted by atomic mass is 10.0. The van der Waals surface area contributed by atoms with Crippen LogP contribution in [0.4, 0.5) is 0 Å². The first-order chi connectivity index (χ1) is 15.7. The Hall–Kier alpha value is -1.68. The molecular weight excluding hydrogens is 527 g/mol. The summed E-state index contributed by atoms with van der Waals surface area (Å²) in [4.78, 5) is 9.85. The number of guanidine groups is 1. The van der Waals surface area contributed by atoms with Crippen molar-refractivity contribution in [2.75, 3.05) is 52.5 Å². The first-order valence-electron chi connectivity index (χ1n) is 11.8. The van der Waals surface area contributed by atoms with Crippen molar-refractivity contribution in [1.29, 1.82) is 0 Å². The highest BCUT2D eigenvalue weighted by molar-refractivity contribution is 14.0. The number of aliphatic imine (C=N–C) groups is 1. The summed E-state index contributed by atoms with van der Waals surface area (Å²) in [6.45, 7) is 12.8. The molecular formula is C26H37IN4O2. The van der Waals surface area contributed by atoms with E-state index < -0.39 is 0 Å². The van der Waals surface area contributed by atoms with E-state index in [1.54, 1.807) is 0 Å². The Morgan fingerprint density at radius 3 is 2.48 bits per heavy atom. The number of benzene rings is 2. The number of nitrogens with zero attached hydrogens (tertiary/aromatic N) is 3. The molecule has 1 atom stereocenters. The molecule has 1 unspecified atom stereocenters. The smallest absolute Gasteiger partial charge is 0.194 e. The van der Waals surface area contributed by atoms with Gasteiger partial charge < -0.3 is 19.7 Å². The molecule has 0 aromatic heterocycles. The molecule has 0 aliphatic carbocycles. The summed E-state index contributed by atoms with van der Waals surface area (Å²) in [6.07, 6.45) is 0.0717. The summed E-state index contributed by atoms with van der Waals surface area (Å²) in [5.74, 6) is 0.968. The summed E-state index contributed by atoms with van der Waals surface area (Å²) in [5, 5.41) is 3.50. The van der Waals surface area contributed by atoms with Gasteiger partial charge in [-0.2, -0.15) is 0 Å². The average molecular weight is 565 g/mol. The molecule has 4 rings (SSSR count). The van der Waals surface area contributed by atoms with Crippen LogP contribution < -0.4 is 5.32 Å². The Morgan fingerprint density at radius 1 is 1.00 bits per heavy atom. The zero-order chi connectivity index (χ0) is 22.2. The zero-order valence-corrected chi connectivity index (χ0v) is 22.2. The average Bonchev–Trinajstić information content (AvgIpc) is 2.84. The van der Waals surface area contributed by atoms with E-state index in [0.717, 1.165) is 58.4 Å². The van der Waals surface area contributed by atoms with Crippen molar-refractivity contribution in [1.82, 2.24) is 15.1 Å². The fraction of sp³-hybridized carbons (Fsp3) is 0.500. The molecule has 6 nitrogen and oxygen atoms in total. The van der Waals surface area contributed by atoms with Crippen molar-refractivity contribution < 1.29 is 9.47 Å². The highest BCUT2D eigenvalue weighted by Gasteiger charge is 2.25. The van der Waals surface area contributed by atoms with Crippen LogP contribution in [0.5, 0.6) is 0 Å². The highest BCUT2D eigenvalue weighted by Crippen LogP contribution is 2.25. The monoisotopic (exact) mass is 564 g/mol. The largest absolute Gasteiger partial charge is 0.379 e. The van der Waals surface area contributed by atoms with Gasteiger partial charge in [0.15, 0.2) is 5.96 Å². The van der Waals surface area contributed by atoms with Crippen LogP contribution in [0.15, 0.2) is 53.5 Å². The molecule has 0 bridgehead atoms. The van der Waals surface area contributed by atoms with Gasteiger partial charge in [0.05, 0.1) is 32.9 Å². The third-order valence-electron chi connectivity index (χ3n) is 6.25. The Labute approximate surface area is 215 Å². The molecule has 0 amide bonds. The number of rotatable bonds is 6. The maximum Gasteiger partial charge on any atom is 0.194 e. The van der Waals surface area contributed by atoms with Gasteiger partial charge in [-0.05, 0) is 36.1 Å². The van der Waals surface area contributed by atoms with E-state index in [-0.39, 0.29) is 30.1 Å². The van der Waals surface area contributed by atoms with Crippen molar-refractivity contribution in [3.05, 3.63) is 70.8 Å². The van der Waals surface area contributed by atoms with Crippen LogP contribution in [0.1, 0.15) is 35.3 Å². The standard InChI is InChI=1S/C26H36N4O2.HI/c1-3-27-26(30-14-17-32-25(20-30)24-11-7-4-8-21(24)2)28-18-22-9-5-6-10-23(22)19-29-12-15-31-16-13-29;/h4-11,25H,3,12-20H2,1-2H3,(H,27,28);1H. The van der Waals surface area contributed by atoms with E-state index in [9.17, 15) is 0 Å². The number of morpholine rings is 2. The molecule has 180 valence electrons. The first kappa shape index (κ1) is 25.9. The number of nitrogens with one attached hydrogen (secondary N) is 1. The van der Waals surface area contributed by atoms with E-state index in [1.807, 2.05) is 0 Å². The van der Waals surface area contributed by atoms with Gasteiger partial charge in [0.25, 0.3) is 0 Å². The van der Waals surface area contributed by atoms with Gasteiger partial charge in [-0.15, -0.1) is 24.0 Å². The summed E-state index contributed by atoms with van der Waals surface area (Å²) >= 11 is 0. The number of hydrogen-bond acceptors (Lipinski definition) is 4. The van der Waals surface area contributed by atoms with Gasteiger partial charge in [-0.3, -0.25) is 4.90 Å². The second kappa shape index (κ2) is 13.3. The Bertz CT molecular complexity index is 901. The third kappa shape index (κ3) is 7.15. The van der Waals surface area contributed by atoms with Crippen LogP contribution in [0.3, 0.4) is 0 Å². The van der Waals surface area contributed by atoms with Crippen LogP contribution in [0, 0.1) is 6.92 Å². The Morgan fingerprint density at radius 2 is 1.73 bits per heavy atom. The molecule has 2 saturated heterocycles. The second-order valence-corrected chi connectivity index (χ2v) is 8.49. The Kier molecular flexibility index (Phi) is 10.4. The molecule has 2 aliphatic heterocycles. The van der Waals surface area contributed by atoms with Gasteiger partial charge in [-0.1, -0.05) is 48.5 Å². The Balaban J connectivity index is 0.00000306. The lowest BCUT2D eigenvalue weighted by Gasteiger charge is -2.36. The quantitative estimate of drug-likeness (QED) is 0.327. The molecule has 2 aromatic rings. The molecule has 0 spiro atoms. The highest BCUT2D eigenvalue weighted by atomic mass is 127. The van der Waals surface area contributed by atoms with Crippen molar-refractivity contribution in [2.24, 2.45) is 4.99 Å². The summed E-state index contributed by atoms with van der Waals surface area (Å²) < 4.78 is 11.6. The third-order valence-corrected chi connectivity index (χ3v) is 6.25. The maximum absolute atomic E-state index is 6.13. The number of aryl methyl sites for hydroxylation is 1. The number of halogens is 1. The molecule has 1 N–H and O–H groups in total. The van der Waals surface area contributed by atoms with Crippen molar-refractivity contribution >= 4 is 29.9 Å². The van der Waals surface area contributed by atoms with Crippen molar-refractivity contribution in [3.63, 3.8) is 0 Å². The fourth-order valence-electron chi connectivity index (χ4n) is 4.43. The van der Waals surface area contributed by atoms with Crippen LogP contribution in [0.25, 0.3) is 0 Å². The van der Waals surface area contributed by atoms with E-state index >= 15 is 0 Å². The lowest BCUT2D eigenvalue weighted by Crippen LogP contribution is -2.48. The van der Waals surface area contributed by atoms with Gasteiger partial charge in [-0.25, -0.2) is 4.99 Å². The first-order valence-corrected chi connectivity index (χ1v) is 11.8. The minimum absolute atomic E-state index is 0. The minimum Gasteiger partial charge on any atom is -0.379 e. The van der Waals surface area contributed by atoms with Gasteiger partial charge in [0.2, 0.25) is 0 Å². The predicted molar refractivity (Wildman–Crippen MR) is 144 cm³/mol. The molecule has 33 heavy (non-hydrogen) atoms. The molecule has 2 aliphatic rings. The fourth-order valence-corrected chi connectivity index (χ4v) is 4.43. The second-order valence-electron chi connectivity index (χ2n) is 8.49. The molecule has 2 aromatic carbocycles. The molecule has 7 heteroatoms. The summed E-state index contributed by atoms with van der Waals surface area (Å²) in [7, 11) is 0. The van der Waals surface area contributed by atoms with E-state index in [0.29, 0.717) is 13.2 Å².